The summed E-state index contributed by atoms with van der Waals surface area (Å²) in [4.78, 5) is 22.9. The predicted molar refractivity (Wildman–Crippen MR) is 69.9 cm³/mol. The van der Waals surface area contributed by atoms with E-state index in [-0.39, 0.29) is 17.1 Å². The van der Waals surface area contributed by atoms with E-state index < -0.39 is 16.6 Å². The lowest BCUT2D eigenvalue weighted by atomic mass is 10.0. The van der Waals surface area contributed by atoms with Gasteiger partial charge in [-0.25, -0.2) is 4.79 Å². The van der Waals surface area contributed by atoms with Crippen molar-refractivity contribution in [2.24, 2.45) is 0 Å². The van der Waals surface area contributed by atoms with E-state index in [4.69, 9.17) is 4.74 Å². The van der Waals surface area contributed by atoms with Gasteiger partial charge in [0.2, 0.25) is 0 Å². The van der Waals surface area contributed by atoms with Gasteiger partial charge in [0.25, 0.3) is 0 Å². The quantitative estimate of drug-likeness (QED) is 0.672. The van der Waals surface area contributed by atoms with Crippen molar-refractivity contribution in [1.29, 1.82) is 0 Å². The molecule has 0 bridgehead atoms. The number of hydrogen-bond donors (Lipinski definition) is 1. The molecule has 1 N–H and O–H groups in total. The number of methoxy groups -OCH3 is 1. The van der Waals surface area contributed by atoms with Crippen molar-refractivity contribution >= 4 is 17.5 Å². The second kappa shape index (κ2) is 5.13. The zero-order valence-electron chi connectivity index (χ0n) is 11.2. The third kappa shape index (κ3) is 2.93. The van der Waals surface area contributed by atoms with Gasteiger partial charge in [-0.1, -0.05) is 6.07 Å². The van der Waals surface area contributed by atoms with E-state index in [1.54, 1.807) is 20.8 Å². The number of amides is 1. The fourth-order valence-electron chi connectivity index (χ4n) is 1.79. The molecule has 7 heteroatoms. The molecule has 7 nitrogen and oxygen atoms in total. The van der Waals surface area contributed by atoms with Gasteiger partial charge in [0, 0.05) is 5.54 Å². The minimum atomic E-state index is -1.26. The Kier molecular flexibility index (Phi) is 3.98. The summed E-state index contributed by atoms with van der Waals surface area (Å²) >= 11 is 0. The lowest BCUT2D eigenvalue weighted by molar-refractivity contribution is -0.385. The first-order chi connectivity index (χ1) is 8.70. The topological polar surface area (TPSA) is 92.9 Å². The normalized spacial score (nSPS) is 10.9. The summed E-state index contributed by atoms with van der Waals surface area (Å²) in [7, 11) is 1.30. The van der Waals surface area contributed by atoms with Crippen molar-refractivity contribution in [2.75, 3.05) is 12.0 Å². The SMILES string of the molecule is COc1cccc(N(C(=O)O)C(C)(C)C)c1[N+](=O)[O-]. The van der Waals surface area contributed by atoms with Gasteiger partial charge in [0.05, 0.1) is 12.0 Å². The molecule has 1 aromatic rings. The summed E-state index contributed by atoms with van der Waals surface area (Å²) < 4.78 is 4.93. The predicted octanol–water partition coefficient (Wildman–Crippen LogP) is 2.89. The van der Waals surface area contributed by atoms with Gasteiger partial charge in [0.15, 0.2) is 5.75 Å². The van der Waals surface area contributed by atoms with Crippen LogP contribution in [0.15, 0.2) is 18.2 Å². The van der Waals surface area contributed by atoms with E-state index >= 15 is 0 Å². The maximum Gasteiger partial charge on any atom is 0.412 e. The van der Waals surface area contributed by atoms with Crippen LogP contribution < -0.4 is 9.64 Å². The van der Waals surface area contributed by atoms with Crippen LogP contribution in [0.3, 0.4) is 0 Å². The number of benzene rings is 1. The molecule has 1 rings (SSSR count). The minimum Gasteiger partial charge on any atom is -0.490 e. The standard InChI is InChI=1S/C12H16N2O5/c1-12(2,3)13(11(15)16)8-6-5-7-9(19-4)10(8)14(17)18/h5-7H,1-4H3,(H,15,16). The average Bonchev–Trinajstić information content (AvgIpc) is 2.25. The molecule has 1 aromatic carbocycles. The summed E-state index contributed by atoms with van der Waals surface area (Å²) in [6, 6.07) is 4.33. The summed E-state index contributed by atoms with van der Waals surface area (Å²) in [6.45, 7) is 4.97. The number of nitro benzene ring substituents is 1. The molecule has 0 aliphatic heterocycles. The van der Waals surface area contributed by atoms with Gasteiger partial charge in [-0.3, -0.25) is 15.0 Å². The molecule has 0 saturated carbocycles. The molecule has 0 fully saturated rings. The number of nitro groups is 1. The van der Waals surface area contributed by atoms with Crippen molar-refractivity contribution in [3.8, 4) is 5.75 Å². The van der Waals surface area contributed by atoms with Crippen LogP contribution in [0.1, 0.15) is 20.8 Å². The third-order valence-electron chi connectivity index (χ3n) is 2.48. The molecule has 1 amide bonds. The van der Waals surface area contributed by atoms with Crippen LogP contribution in [0.2, 0.25) is 0 Å². The highest BCUT2D eigenvalue weighted by molar-refractivity contribution is 5.91. The Bertz CT molecular complexity index is 507. The second-order valence-electron chi connectivity index (χ2n) is 4.87. The van der Waals surface area contributed by atoms with Gasteiger partial charge in [-0.05, 0) is 32.9 Å². The van der Waals surface area contributed by atoms with Gasteiger partial charge < -0.3 is 9.84 Å². The Balaban J connectivity index is 3.56. The molecule has 0 aromatic heterocycles. The number of ether oxygens (including phenoxy) is 1. The smallest absolute Gasteiger partial charge is 0.412 e. The lowest BCUT2D eigenvalue weighted by Crippen LogP contribution is -2.45. The van der Waals surface area contributed by atoms with Crippen molar-refractivity contribution in [3.63, 3.8) is 0 Å². The Morgan fingerprint density at radius 1 is 1.42 bits per heavy atom. The molecular formula is C12H16N2O5. The fraction of sp³-hybridized carbons (Fsp3) is 0.417. The molecule has 0 spiro atoms. The van der Waals surface area contributed by atoms with Crippen molar-refractivity contribution in [2.45, 2.75) is 26.3 Å². The Morgan fingerprint density at radius 2 is 2.00 bits per heavy atom. The molecule has 0 atom stereocenters. The fourth-order valence-corrected chi connectivity index (χ4v) is 1.79. The largest absolute Gasteiger partial charge is 0.490 e. The van der Waals surface area contributed by atoms with Gasteiger partial charge >= 0.3 is 11.8 Å². The highest BCUT2D eigenvalue weighted by Crippen LogP contribution is 2.39. The van der Waals surface area contributed by atoms with E-state index in [9.17, 15) is 20.0 Å². The zero-order valence-corrected chi connectivity index (χ0v) is 11.2. The number of nitrogens with zero attached hydrogens (tertiary/aromatic N) is 2. The first-order valence-corrected chi connectivity index (χ1v) is 5.54. The van der Waals surface area contributed by atoms with Gasteiger partial charge in [0.1, 0.15) is 5.69 Å². The number of carbonyl (C=O) groups is 1. The molecule has 0 aliphatic rings. The van der Waals surface area contributed by atoms with Crippen LogP contribution >= 0.6 is 0 Å². The highest BCUT2D eigenvalue weighted by atomic mass is 16.6. The van der Waals surface area contributed by atoms with Crippen LogP contribution in [0.25, 0.3) is 0 Å². The number of para-hydroxylation sites is 1. The first kappa shape index (κ1) is 14.7. The summed E-state index contributed by atoms with van der Waals surface area (Å²) in [5.74, 6) is 0.0259. The van der Waals surface area contributed by atoms with E-state index in [1.165, 1.54) is 25.3 Å². The Morgan fingerprint density at radius 3 is 2.37 bits per heavy atom. The molecular weight excluding hydrogens is 252 g/mol. The van der Waals surface area contributed by atoms with Crippen LogP contribution in [-0.4, -0.2) is 28.8 Å². The maximum atomic E-state index is 11.4. The lowest BCUT2D eigenvalue weighted by Gasteiger charge is -2.32. The van der Waals surface area contributed by atoms with E-state index in [0.717, 1.165) is 4.90 Å². The van der Waals surface area contributed by atoms with Crippen LogP contribution in [0, 0.1) is 10.1 Å². The van der Waals surface area contributed by atoms with Gasteiger partial charge in [-0.15, -0.1) is 0 Å². The van der Waals surface area contributed by atoms with Crippen molar-refractivity contribution in [3.05, 3.63) is 28.3 Å². The molecule has 104 valence electrons. The second-order valence-corrected chi connectivity index (χ2v) is 4.87. The first-order valence-electron chi connectivity index (χ1n) is 5.54. The third-order valence-corrected chi connectivity index (χ3v) is 2.48. The summed E-state index contributed by atoms with van der Waals surface area (Å²) in [6.07, 6.45) is -1.26. The number of anilines is 1. The molecule has 0 unspecified atom stereocenters. The zero-order chi connectivity index (χ0) is 14.8. The van der Waals surface area contributed by atoms with Crippen LogP contribution in [0.5, 0.6) is 5.75 Å². The number of hydrogen-bond acceptors (Lipinski definition) is 4. The molecule has 19 heavy (non-hydrogen) atoms. The summed E-state index contributed by atoms with van der Waals surface area (Å²) in [5.41, 5.74) is -1.19. The van der Waals surface area contributed by atoms with Crippen molar-refractivity contribution in [1.82, 2.24) is 0 Å². The van der Waals surface area contributed by atoms with E-state index in [0.29, 0.717) is 0 Å². The van der Waals surface area contributed by atoms with Crippen LogP contribution in [0.4, 0.5) is 16.2 Å². The Hall–Kier alpha value is -2.31. The minimum absolute atomic E-state index is 0.00986. The van der Waals surface area contributed by atoms with Crippen molar-refractivity contribution < 1.29 is 19.6 Å². The number of rotatable bonds is 3. The Labute approximate surface area is 110 Å². The molecule has 0 aliphatic carbocycles. The monoisotopic (exact) mass is 268 g/mol. The summed E-state index contributed by atoms with van der Waals surface area (Å²) in [5, 5.41) is 20.5. The van der Waals surface area contributed by atoms with E-state index in [2.05, 4.69) is 0 Å². The molecule has 0 saturated heterocycles. The van der Waals surface area contributed by atoms with E-state index in [1.807, 2.05) is 0 Å². The molecule has 0 radical (unpaired) electrons. The maximum absolute atomic E-state index is 11.4. The highest BCUT2D eigenvalue weighted by Gasteiger charge is 2.34. The molecule has 0 heterocycles. The average molecular weight is 268 g/mol. The number of carboxylic acid groups (broad SMARTS) is 1. The van der Waals surface area contributed by atoms with Gasteiger partial charge in [-0.2, -0.15) is 0 Å². The van der Waals surface area contributed by atoms with Crippen LogP contribution in [-0.2, 0) is 0 Å².